The van der Waals surface area contributed by atoms with E-state index in [-0.39, 0.29) is 37.6 Å². The van der Waals surface area contributed by atoms with Gasteiger partial charge in [0.05, 0.1) is 60.5 Å². The van der Waals surface area contributed by atoms with Gasteiger partial charge in [-0.1, -0.05) is 43.7 Å². The van der Waals surface area contributed by atoms with Crippen molar-refractivity contribution in [2.45, 2.75) is 241 Å². The summed E-state index contributed by atoms with van der Waals surface area (Å²) >= 11 is 0. The maximum atomic E-state index is 13.7. The molecule has 0 aromatic heterocycles. The van der Waals surface area contributed by atoms with Crippen LogP contribution in [0.5, 0.6) is 0 Å². The van der Waals surface area contributed by atoms with Crippen molar-refractivity contribution in [1.29, 1.82) is 0 Å². The smallest absolute Gasteiger partial charge is 0.338 e. The molecule has 24 atom stereocenters. The highest BCUT2D eigenvalue weighted by molar-refractivity contribution is 5.89. The van der Waals surface area contributed by atoms with E-state index in [1.807, 2.05) is 19.9 Å². The van der Waals surface area contributed by atoms with Gasteiger partial charge in [-0.05, 0) is 97.1 Å². The van der Waals surface area contributed by atoms with Crippen molar-refractivity contribution < 1.29 is 87.2 Å². The summed E-state index contributed by atoms with van der Waals surface area (Å²) in [5, 5.41) is 58.8. The largest absolute Gasteiger partial charge is 0.458 e. The summed E-state index contributed by atoms with van der Waals surface area (Å²) < 4.78 is 68.2. The molecule has 5 N–H and O–H groups in total. The molecule has 4 heterocycles. The molecule has 9 rings (SSSR count). The molecule has 1 aromatic carbocycles. The Bertz CT molecular complexity index is 2070. The normalized spacial score (nSPS) is 49.4. The second kappa shape index (κ2) is 21.1. The summed E-state index contributed by atoms with van der Waals surface area (Å²) in [5.41, 5.74) is -3.49. The minimum atomic E-state index is -1.69. The number of carbonyl (C=O) groups is 2. The predicted molar refractivity (Wildman–Crippen MR) is 255 cm³/mol. The number of ether oxygens (including phenoxy) is 11. The number of fused-ring (bicyclic) bond motifs is 5. The van der Waals surface area contributed by atoms with Crippen LogP contribution >= 0.6 is 0 Å². The van der Waals surface area contributed by atoms with Crippen LogP contribution in [0.3, 0.4) is 0 Å². The second-order valence-electron chi connectivity index (χ2n) is 22.7. The highest BCUT2D eigenvalue weighted by Gasteiger charge is 2.77. The van der Waals surface area contributed by atoms with Crippen LogP contribution in [0.25, 0.3) is 0 Å². The van der Waals surface area contributed by atoms with Gasteiger partial charge in [0.1, 0.15) is 47.5 Å². The van der Waals surface area contributed by atoms with E-state index in [9.17, 15) is 35.1 Å². The lowest BCUT2D eigenvalue weighted by molar-refractivity contribution is -0.345. The van der Waals surface area contributed by atoms with Gasteiger partial charge in [-0.2, -0.15) is 0 Å². The summed E-state index contributed by atoms with van der Waals surface area (Å²) in [6, 6.07) is 8.74. The first kappa shape index (κ1) is 54.3. The zero-order valence-electron chi connectivity index (χ0n) is 43.3. The standard InChI is InChI=1S/C54H80O18/c1-27(55)35-17-20-54(61)52(35,7)41(69-50(59)32-13-11-10-12-14-32)26-40-51(6)18-16-34(21-33(51)15-19-53(40,54)60)68-44-25-39(63-9)49(31(5)67-44)72-43-23-37(57)47(29(3)66-43)70-42-22-36(56)48(30(4)65-42)71-45-24-38(62-8)46(58)28(2)64-45/h10-15,28-31,34-49,56-58,60-61H,16-26H2,1-9H3/t28-,29-,30-,31-,34+,35-,36+,37+,38-,39+,40-,41-,42+,43+,44+,45+,46-,47-,48-,49-,51+,52+,53+,54-/m1/s1. The fourth-order valence-corrected chi connectivity index (χ4v) is 14.5. The number of Topliss-reactive ketones (excluding diaryl/α,β-unsaturated/α-hetero) is 1. The predicted octanol–water partition coefficient (Wildman–Crippen LogP) is 4.41. The molecule has 0 amide bonds. The SMILES string of the molecule is CO[C@H]1C[C@H](O[C@H]2CC[C@@]3(C)C(=CC[C@]4(O)[C@@H]3C[C@@H](OC(=O)c3ccccc3)[C@]3(C)[C@@H](C(C)=O)CC[C@@]34O)C2)O[C@H](C)[C@H]1O[C@H]1C[C@H](O)[C@H](O[C@H]2C[C@H](O)[C@H](O[C@H]3C[C@@H](OC)[C@H](O)[C@@H](C)O3)[C@@H](C)O2)[C@@H](C)O1. The number of carbonyl (C=O) groups excluding carboxylic acids is 2. The number of benzene rings is 1. The second-order valence-corrected chi connectivity index (χ2v) is 22.7. The van der Waals surface area contributed by atoms with Gasteiger partial charge in [-0.15, -0.1) is 0 Å². The number of rotatable bonds is 13. The van der Waals surface area contributed by atoms with Gasteiger partial charge in [0.2, 0.25) is 0 Å². The third kappa shape index (κ3) is 9.69. The topological polar surface area (TPSA) is 237 Å². The lowest BCUT2D eigenvalue weighted by atomic mass is 9.43. The Hall–Kier alpha value is -2.50. The highest BCUT2D eigenvalue weighted by atomic mass is 16.8. The van der Waals surface area contributed by atoms with Crippen molar-refractivity contribution in [1.82, 2.24) is 0 Å². The molecule has 18 nitrogen and oxygen atoms in total. The molecule has 0 radical (unpaired) electrons. The van der Waals surface area contributed by atoms with Crippen LogP contribution in [0.1, 0.15) is 129 Å². The highest BCUT2D eigenvalue weighted by Crippen LogP contribution is 2.70. The average Bonchev–Trinajstić information content (AvgIpc) is 3.64. The summed E-state index contributed by atoms with van der Waals surface area (Å²) in [5.74, 6) is -1.66. The Kier molecular flexibility index (Phi) is 15.9. The zero-order chi connectivity index (χ0) is 51.7. The monoisotopic (exact) mass is 1020 g/mol. The number of ketones is 1. The van der Waals surface area contributed by atoms with Crippen LogP contribution in [0.2, 0.25) is 0 Å². The molecule has 4 saturated heterocycles. The fourth-order valence-electron chi connectivity index (χ4n) is 14.5. The summed E-state index contributed by atoms with van der Waals surface area (Å²) in [6.07, 6.45) is -5.95. The molecule has 7 fully saturated rings. The van der Waals surface area contributed by atoms with E-state index in [4.69, 9.17) is 52.1 Å². The molecule has 18 heteroatoms. The van der Waals surface area contributed by atoms with Gasteiger partial charge in [-0.25, -0.2) is 4.79 Å². The quantitative estimate of drug-likeness (QED) is 0.136. The molecule has 0 unspecified atom stereocenters. The third-order valence-electron chi connectivity index (χ3n) is 18.6. The Morgan fingerprint density at radius 1 is 0.667 bits per heavy atom. The number of aliphatic hydroxyl groups excluding tert-OH is 3. The minimum Gasteiger partial charge on any atom is -0.458 e. The van der Waals surface area contributed by atoms with Gasteiger partial charge < -0.3 is 77.6 Å². The van der Waals surface area contributed by atoms with Crippen LogP contribution in [0, 0.1) is 22.7 Å². The van der Waals surface area contributed by atoms with Crippen LogP contribution in [0.15, 0.2) is 42.0 Å². The molecule has 4 aliphatic carbocycles. The molecule has 0 bridgehead atoms. The van der Waals surface area contributed by atoms with E-state index < -0.39 is 144 Å². The fraction of sp³-hybridized carbons (Fsp3) is 0.815. The lowest BCUT2D eigenvalue weighted by Crippen LogP contribution is -2.75. The Morgan fingerprint density at radius 2 is 1.21 bits per heavy atom. The summed E-state index contributed by atoms with van der Waals surface area (Å²) in [6.45, 7) is 12.7. The zero-order valence-corrected chi connectivity index (χ0v) is 43.3. The molecule has 1 aromatic rings. The van der Waals surface area contributed by atoms with Crippen molar-refractivity contribution >= 4 is 11.8 Å². The van der Waals surface area contributed by atoms with E-state index in [1.165, 1.54) is 14.0 Å². The van der Waals surface area contributed by atoms with Crippen molar-refractivity contribution in [2.24, 2.45) is 22.7 Å². The number of aliphatic hydroxyl groups is 5. The molecular formula is C54H80O18. The maximum Gasteiger partial charge on any atom is 0.338 e. The van der Waals surface area contributed by atoms with Crippen molar-refractivity contribution in [3.8, 4) is 0 Å². The molecule has 404 valence electrons. The molecular weight excluding hydrogens is 937 g/mol. The average molecular weight is 1020 g/mol. The number of hydrogen-bond acceptors (Lipinski definition) is 18. The van der Waals surface area contributed by atoms with Gasteiger partial charge >= 0.3 is 5.97 Å². The first-order chi connectivity index (χ1) is 34.1. The lowest BCUT2D eigenvalue weighted by Gasteiger charge is -2.66. The minimum absolute atomic E-state index is 0.0861. The van der Waals surface area contributed by atoms with Crippen molar-refractivity contribution in [2.75, 3.05) is 14.2 Å². The number of hydrogen-bond donors (Lipinski definition) is 5. The van der Waals surface area contributed by atoms with Crippen LogP contribution in [-0.4, -0.2) is 173 Å². The van der Waals surface area contributed by atoms with E-state index in [1.54, 1.807) is 52.1 Å². The number of methoxy groups -OCH3 is 2. The van der Waals surface area contributed by atoms with E-state index in [0.717, 1.165) is 5.57 Å². The van der Waals surface area contributed by atoms with Crippen molar-refractivity contribution in [3.63, 3.8) is 0 Å². The third-order valence-corrected chi connectivity index (χ3v) is 18.6. The Labute approximate surface area is 423 Å². The molecule has 72 heavy (non-hydrogen) atoms. The van der Waals surface area contributed by atoms with Gasteiger partial charge in [0.15, 0.2) is 25.2 Å². The van der Waals surface area contributed by atoms with Crippen LogP contribution in [0.4, 0.5) is 0 Å². The van der Waals surface area contributed by atoms with Gasteiger partial charge in [0.25, 0.3) is 0 Å². The van der Waals surface area contributed by atoms with Gasteiger partial charge in [-0.3, -0.25) is 4.79 Å². The number of esters is 1. The molecule has 4 aliphatic heterocycles. The van der Waals surface area contributed by atoms with E-state index >= 15 is 0 Å². The van der Waals surface area contributed by atoms with Crippen LogP contribution in [-0.2, 0) is 56.9 Å². The van der Waals surface area contributed by atoms with E-state index in [2.05, 4.69) is 13.0 Å². The van der Waals surface area contributed by atoms with Gasteiger partial charge in [0, 0.05) is 57.2 Å². The first-order valence-electron chi connectivity index (χ1n) is 26.4. The molecule has 8 aliphatic rings. The molecule has 0 spiro atoms. The first-order valence-corrected chi connectivity index (χ1v) is 26.4. The van der Waals surface area contributed by atoms with Crippen LogP contribution < -0.4 is 0 Å². The van der Waals surface area contributed by atoms with E-state index in [0.29, 0.717) is 50.5 Å². The van der Waals surface area contributed by atoms with Crippen molar-refractivity contribution in [3.05, 3.63) is 47.5 Å². The maximum absolute atomic E-state index is 13.7. The Balaban J connectivity index is 0.791. The Morgan fingerprint density at radius 3 is 1.79 bits per heavy atom. The summed E-state index contributed by atoms with van der Waals surface area (Å²) in [7, 11) is 3.14. The summed E-state index contributed by atoms with van der Waals surface area (Å²) in [4.78, 5) is 26.9. The molecule has 3 saturated carbocycles.